The van der Waals surface area contributed by atoms with E-state index < -0.39 is 5.41 Å². The number of ether oxygens (including phenoxy) is 2. The number of amides is 1. The third kappa shape index (κ3) is 2.86. The van der Waals surface area contributed by atoms with Crippen LogP contribution in [0.1, 0.15) is 23.7 Å². The van der Waals surface area contributed by atoms with Gasteiger partial charge in [-0.05, 0) is 49.7 Å². The van der Waals surface area contributed by atoms with Gasteiger partial charge in [-0.2, -0.15) is 0 Å². The summed E-state index contributed by atoms with van der Waals surface area (Å²) < 4.78 is 10.5. The molecule has 2 aromatic carbocycles. The van der Waals surface area contributed by atoms with Gasteiger partial charge in [-0.3, -0.25) is 9.59 Å². The zero-order valence-electron chi connectivity index (χ0n) is 14.6. The summed E-state index contributed by atoms with van der Waals surface area (Å²) in [5, 5.41) is 0. The average molecular weight is 339 g/mol. The molecular formula is C20H21NO4. The second-order valence-electron chi connectivity index (χ2n) is 6.27. The first kappa shape index (κ1) is 17.0. The number of Topliss-reactive ketones (excluding diaryl/α,β-unsaturated/α-hetero) is 1. The third-order valence-electron chi connectivity index (χ3n) is 4.78. The van der Waals surface area contributed by atoms with Crippen molar-refractivity contribution in [1.82, 2.24) is 0 Å². The zero-order valence-corrected chi connectivity index (χ0v) is 14.6. The Morgan fingerprint density at radius 3 is 2.36 bits per heavy atom. The van der Waals surface area contributed by atoms with Crippen LogP contribution in [-0.2, 0) is 4.79 Å². The molecule has 0 aliphatic carbocycles. The van der Waals surface area contributed by atoms with E-state index in [4.69, 9.17) is 9.47 Å². The molecule has 0 N–H and O–H groups in total. The van der Waals surface area contributed by atoms with Crippen LogP contribution in [-0.4, -0.2) is 32.5 Å². The molecule has 1 unspecified atom stereocenters. The van der Waals surface area contributed by atoms with Crippen LogP contribution >= 0.6 is 0 Å². The first-order valence-corrected chi connectivity index (χ1v) is 8.15. The number of methoxy groups -OCH3 is 2. The van der Waals surface area contributed by atoms with Crippen LogP contribution in [0.2, 0.25) is 0 Å². The molecule has 1 aliphatic rings. The molecule has 1 fully saturated rings. The highest BCUT2D eigenvalue weighted by Crippen LogP contribution is 2.40. The number of hydrogen-bond acceptors (Lipinski definition) is 4. The summed E-state index contributed by atoms with van der Waals surface area (Å²) in [4.78, 5) is 27.7. The monoisotopic (exact) mass is 339 g/mol. The Kier molecular flexibility index (Phi) is 4.49. The van der Waals surface area contributed by atoms with Crippen molar-refractivity contribution >= 4 is 17.4 Å². The number of carbonyl (C=O) groups is 2. The van der Waals surface area contributed by atoms with E-state index in [9.17, 15) is 9.59 Å². The van der Waals surface area contributed by atoms with Crippen molar-refractivity contribution in [3.63, 3.8) is 0 Å². The average Bonchev–Trinajstić information content (AvgIpc) is 2.97. The molecule has 0 spiro atoms. The van der Waals surface area contributed by atoms with Crippen molar-refractivity contribution < 1.29 is 19.1 Å². The SMILES string of the molecule is COc1ccc(C(=O)C2(C)CCN(c3ccccc3OC)C2=O)cc1. The molecule has 0 radical (unpaired) electrons. The maximum Gasteiger partial charge on any atom is 0.240 e. The van der Waals surface area contributed by atoms with E-state index in [1.807, 2.05) is 24.3 Å². The predicted octanol–water partition coefficient (Wildman–Crippen LogP) is 3.33. The van der Waals surface area contributed by atoms with Crippen molar-refractivity contribution in [2.45, 2.75) is 13.3 Å². The van der Waals surface area contributed by atoms with Gasteiger partial charge in [0.15, 0.2) is 5.78 Å². The van der Waals surface area contributed by atoms with Gasteiger partial charge < -0.3 is 14.4 Å². The Morgan fingerprint density at radius 1 is 1.04 bits per heavy atom. The molecule has 2 aromatic rings. The number of ketones is 1. The van der Waals surface area contributed by atoms with Gasteiger partial charge in [0.2, 0.25) is 5.91 Å². The quantitative estimate of drug-likeness (QED) is 0.619. The third-order valence-corrected chi connectivity index (χ3v) is 4.78. The van der Waals surface area contributed by atoms with Crippen LogP contribution in [0.3, 0.4) is 0 Å². The summed E-state index contributed by atoms with van der Waals surface area (Å²) in [7, 11) is 3.14. The number of hydrogen-bond donors (Lipinski definition) is 0. The van der Waals surface area contributed by atoms with E-state index in [-0.39, 0.29) is 11.7 Å². The summed E-state index contributed by atoms with van der Waals surface area (Å²) in [6.45, 7) is 2.20. The fourth-order valence-electron chi connectivity index (χ4n) is 3.20. The first-order valence-electron chi connectivity index (χ1n) is 8.15. The molecule has 0 aromatic heterocycles. The lowest BCUT2D eigenvalue weighted by molar-refractivity contribution is -0.122. The van der Waals surface area contributed by atoms with Gasteiger partial charge in [-0.1, -0.05) is 12.1 Å². The van der Waals surface area contributed by atoms with Crippen molar-refractivity contribution in [2.75, 3.05) is 25.7 Å². The van der Waals surface area contributed by atoms with Crippen LogP contribution in [0.15, 0.2) is 48.5 Å². The van der Waals surface area contributed by atoms with Crippen molar-refractivity contribution in [3.8, 4) is 11.5 Å². The van der Waals surface area contributed by atoms with Crippen molar-refractivity contribution in [3.05, 3.63) is 54.1 Å². The lowest BCUT2D eigenvalue weighted by Crippen LogP contribution is -2.38. The molecule has 1 amide bonds. The number of benzene rings is 2. The van der Waals surface area contributed by atoms with Gasteiger partial charge in [0.1, 0.15) is 16.9 Å². The highest BCUT2D eigenvalue weighted by atomic mass is 16.5. The number of nitrogens with zero attached hydrogens (tertiary/aromatic N) is 1. The smallest absolute Gasteiger partial charge is 0.240 e. The van der Waals surface area contributed by atoms with Crippen LogP contribution in [0.5, 0.6) is 11.5 Å². The highest BCUT2D eigenvalue weighted by Gasteiger charge is 2.49. The lowest BCUT2D eigenvalue weighted by atomic mass is 9.81. The number of anilines is 1. The second kappa shape index (κ2) is 6.59. The Balaban J connectivity index is 1.89. The fraction of sp³-hybridized carbons (Fsp3) is 0.300. The number of rotatable bonds is 5. The van der Waals surface area contributed by atoms with E-state index in [2.05, 4.69) is 0 Å². The summed E-state index contributed by atoms with van der Waals surface area (Å²) >= 11 is 0. The van der Waals surface area contributed by atoms with E-state index in [0.29, 0.717) is 35.7 Å². The molecule has 3 rings (SSSR count). The van der Waals surface area contributed by atoms with Crippen LogP contribution in [0.25, 0.3) is 0 Å². The molecule has 1 atom stereocenters. The van der Waals surface area contributed by atoms with Crippen LogP contribution in [0.4, 0.5) is 5.69 Å². The Labute approximate surface area is 147 Å². The van der Waals surface area contributed by atoms with Gasteiger partial charge in [0.25, 0.3) is 0 Å². The Morgan fingerprint density at radius 2 is 1.72 bits per heavy atom. The molecule has 0 bridgehead atoms. The minimum atomic E-state index is -1.07. The summed E-state index contributed by atoms with van der Waals surface area (Å²) in [5.41, 5.74) is 0.134. The zero-order chi connectivity index (χ0) is 18.0. The minimum Gasteiger partial charge on any atom is -0.497 e. The minimum absolute atomic E-state index is 0.169. The molecule has 5 heteroatoms. The molecule has 1 saturated heterocycles. The maximum absolute atomic E-state index is 13.1. The molecule has 25 heavy (non-hydrogen) atoms. The molecule has 5 nitrogen and oxygen atoms in total. The maximum atomic E-state index is 13.1. The molecule has 1 aliphatic heterocycles. The summed E-state index contributed by atoms with van der Waals surface area (Å²) in [6.07, 6.45) is 0.467. The van der Waals surface area contributed by atoms with E-state index >= 15 is 0 Å². The van der Waals surface area contributed by atoms with Crippen molar-refractivity contribution in [2.24, 2.45) is 5.41 Å². The van der Waals surface area contributed by atoms with Gasteiger partial charge in [-0.25, -0.2) is 0 Å². The van der Waals surface area contributed by atoms with E-state index in [1.54, 1.807) is 50.3 Å². The highest BCUT2D eigenvalue weighted by molar-refractivity contribution is 6.19. The fourth-order valence-corrected chi connectivity index (χ4v) is 3.20. The lowest BCUT2D eigenvalue weighted by Gasteiger charge is -2.23. The molecular weight excluding hydrogens is 318 g/mol. The van der Waals surface area contributed by atoms with Gasteiger partial charge in [0, 0.05) is 12.1 Å². The van der Waals surface area contributed by atoms with Gasteiger partial charge in [-0.15, -0.1) is 0 Å². The molecule has 0 saturated carbocycles. The molecule has 130 valence electrons. The number of para-hydroxylation sites is 2. The van der Waals surface area contributed by atoms with E-state index in [0.717, 1.165) is 0 Å². The molecule has 1 heterocycles. The van der Waals surface area contributed by atoms with Gasteiger partial charge >= 0.3 is 0 Å². The topological polar surface area (TPSA) is 55.8 Å². The van der Waals surface area contributed by atoms with Crippen molar-refractivity contribution in [1.29, 1.82) is 0 Å². The van der Waals surface area contributed by atoms with Crippen LogP contribution < -0.4 is 14.4 Å². The largest absolute Gasteiger partial charge is 0.497 e. The number of carbonyl (C=O) groups excluding carboxylic acids is 2. The van der Waals surface area contributed by atoms with Gasteiger partial charge in [0.05, 0.1) is 19.9 Å². The standard InChI is InChI=1S/C20H21NO4/c1-20(18(22)14-8-10-15(24-2)11-9-14)12-13-21(19(20)23)16-6-4-5-7-17(16)25-3/h4-11H,12-13H2,1-3H3. The second-order valence-corrected chi connectivity index (χ2v) is 6.27. The van der Waals surface area contributed by atoms with Crippen LogP contribution in [0, 0.1) is 5.41 Å². The predicted molar refractivity (Wildman–Crippen MR) is 95.4 cm³/mol. The normalized spacial score (nSPS) is 19.8. The summed E-state index contributed by atoms with van der Waals surface area (Å²) in [5.74, 6) is 0.933. The first-order chi connectivity index (χ1) is 12.0. The Hall–Kier alpha value is -2.82. The van der Waals surface area contributed by atoms with E-state index in [1.165, 1.54) is 0 Å². The summed E-state index contributed by atoms with van der Waals surface area (Å²) in [6, 6.07) is 14.2. The Bertz CT molecular complexity index is 800.